The molecule has 6 heteroatoms. The Morgan fingerprint density at radius 3 is 2.48 bits per heavy atom. The molecule has 1 aromatic carbocycles. The summed E-state index contributed by atoms with van der Waals surface area (Å²) < 4.78 is 5.08. The molecule has 6 nitrogen and oxygen atoms in total. The number of amides is 2. The Bertz CT molecular complexity index is 606. The molecule has 2 amide bonds. The van der Waals surface area contributed by atoms with Crippen LogP contribution in [0.3, 0.4) is 0 Å². The molecule has 0 saturated carbocycles. The van der Waals surface area contributed by atoms with Crippen LogP contribution in [0.1, 0.15) is 12.7 Å². The van der Waals surface area contributed by atoms with E-state index in [1.807, 2.05) is 0 Å². The number of anilines is 1. The fraction of sp³-hybridized carbons (Fsp3) is 0.200. The Morgan fingerprint density at radius 2 is 1.86 bits per heavy atom. The molecule has 0 aliphatic carbocycles. The number of nitrogens with one attached hydrogen (secondary N) is 2. The second-order valence-corrected chi connectivity index (χ2v) is 4.75. The summed E-state index contributed by atoms with van der Waals surface area (Å²) in [6.07, 6.45) is 1.42. The molecule has 110 valence electrons. The number of benzene rings is 1. The molecule has 0 radical (unpaired) electrons. The Balaban J connectivity index is 1.88. The predicted molar refractivity (Wildman–Crippen MR) is 76.4 cm³/mol. The van der Waals surface area contributed by atoms with Gasteiger partial charge in [0, 0.05) is 5.69 Å². The normalized spacial score (nSPS) is 13.2. The molecule has 2 aromatic rings. The summed E-state index contributed by atoms with van der Waals surface area (Å²) in [6, 6.07) is 11.9. The molecule has 0 saturated heterocycles. The van der Waals surface area contributed by atoms with Crippen LogP contribution in [0.15, 0.2) is 53.1 Å². The number of hydrogen-bond acceptors (Lipinski definition) is 4. The lowest BCUT2D eigenvalue weighted by atomic mass is 10.0. The standard InChI is InChI=1S/C15H16N2O4/c1-15(20,12-8-5-9-21-12)10-16-13(18)14(19)17-11-6-3-2-4-7-11/h2-9,20H,10H2,1H3,(H,16,18)(H,17,19)/t15-/m0/s1. The summed E-state index contributed by atoms with van der Waals surface area (Å²) in [4.78, 5) is 23.4. The van der Waals surface area contributed by atoms with Crippen LogP contribution in [-0.2, 0) is 15.2 Å². The van der Waals surface area contributed by atoms with Crippen molar-refractivity contribution in [1.82, 2.24) is 5.32 Å². The molecule has 0 aliphatic rings. The zero-order valence-electron chi connectivity index (χ0n) is 11.5. The number of para-hydroxylation sites is 1. The number of rotatable bonds is 4. The van der Waals surface area contributed by atoms with Crippen LogP contribution in [0.2, 0.25) is 0 Å². The predicted octanol–water partition coefficient (Wildman–Crippen LogP) is 1.24. The fourth-order valence-electron chi connectivity index (χ4n) is 1.71. The quantitative estimate of drug-likeness (QED) is 0.738. The minimum absolute atomic E-state index is 0.137. The van der Waals surface area contributed by atoms with Gasteiger partial charge in [-0.1, -0.05) is 18.2 Å². The highest BCUT2D eigenvalue weighted by molar-refractivity contribution is 6.39. The van der Waals surface area contributed by atoms with E-state index in [2.05, 4.69) is 10.6 Å². The first-order valence-electron chi connectivity index (χ1n) is 6.39. The van der Waals surface area contributed by atoms with E-state index in [0.717, 1.165) is 0 Å². The minimum Gasteiger partial charge on any atom is -0.466 e. The lowest BCUT2D eigenvalue weighted by Crippen LogP contribution is -2.43. The molecule has 21 heavy (non-hydrogen) atoms. The first-order valence-corrected chi connectivity index (χ1v) is 6.39. The number of hydrogen-bond donors (Lipinski definition) is 3. The van der Waals surface area contributed by atoms with Crippen LogP contribution < -0.4 is 10.6 Å². The average Bonchev–Trinajstić information content (AvgIpc) is 3.01. The van der Waals surface area contributed by atoms with Gasteiger partial charge in [-0.05, 0) is 31.2 Å². The van der Waals surface area contributed by atoms with Gasteiger partial charge in [-0.25, -0.2) is 0 Å². The SMILES string of the molecule is C[C@](O)(CNC(=O)C(=O)Nc1ccccc1)c1ccco1. The summed E-state index contributed by atoms with van der Waals surface area (Å²) in [5, 5.41) is 15.0. The molecule has 1 atom stereocenters. The molecule has 1 heterocycles. The first-order chi connectivity index (χ1) is 9.99. The highest BCUT2D eigenvalue weighted by Gasteiger charge is 2.28. The zero-order valence-corrected chi connectivity index (χ0v) is 11.5. The topological polar surface area (TPSA) is 91.6 Å². The lowest BCUT2D eigenvalue weighted by Gasteiger charge is -2.20. The summed E-state index contributed by atoms with van der Waals surface area (Å²) in [5.41, 5.74) is -0.859. The largest absolute Gasteiger partial charge is 0.466 e. The molecule has 0 bridgehead atoms. The average molecular weight is 288 g/mol. The summed E-state index contributed by atoms with van der Waals surface area (Å²) in [5.74, 6) is -1.31. The van der Waals surface area contributed by atoms with E-state index in [0.29, 0.717) is 11.4 Å². The van der Waals surface area contributed by atoms with Crippen molar-refractivity contribution in [2.24, 2.45) is 0 Å². The lowest BCUT2D eigenvalue weighted by molar-refractivity contribution is -0.136. The maximum atomic E-state index is 11.7. The Kier molecular flexibility index (Phi) is 4.39. The van der Waals surface area contributed by atoms with E-state index in [9.17, 15) is 14.7 Å². The van der Waals surface area contributed by atoms with Gasteiger partial charge in [-0.2, -0.15) is 0 Å². The van der Waals surface area contributed by atoms with E-state index in [1.54, 1.807) is 42.5 Å². The Morgan fingerprint density at radius 1 is 1.14 bits per heavy atom. The second-order valence-electron chi connectivity index (χ2n) is 4.75. The van der Waals surface area contributed by atoms with E-state index >= 15 is 0 Å². The van der Waals surface area contributed by atoms with Crippen molar-refractivity contribution in [3.05, 3.63) is 54.5 Å². The van der Waals surface area contributed by atoms with E-state index in [-0.39, 0.29) is 6.54 Å². The van der Waals surface area contributed by atoms with Gasteiger partial charge in [-0.3, -0.25) is 9.59 Å². The maximum absolute atomic E-state index is 11.7. The van der Waals surface area contributed by atoms with Crippen LogP contribution in [-0.4, -0.2) is 23.5 Å². The van der Waals surface area contributed by atoms with Gasteiger partial charge in [0.25, 0.3) is 0 Å². The highest BCUT2D eigenvalue weighted by Crippen LogP contribution is 2.19. The maximum Gasteiger partial charge on any atom is 0.313 e. The van der Waals surface area contributed by atoms with Crippen LogP contribution in [0.25, 0.3) is 0 Å². The molecule has 3 N–H and O–H groups in total. The molecule has 0 aliphatic heterocycles. The highest BCUT2D eigenvalue weighted by atomic mass is 16.4. The number of aliphatic hydroxyl groups is 1. The van der Waals surface area contributed by atoms with Gasteiger partial charge >= 0.3 is 11.8 Å². The van der Waals surface area contributed by atoms with Crippen molar-refractivity contribution in [2.75, 3.05) is 11.9 Å². The van der Waals surface area contributed by atoms with E-state index in [4.69, 9.17) is 4.42 Å². The van der Waals surface area contributed by atoms with Crippen molar-refractivity contribution in [3.63, 3.8) is 0 Å². The van der Waals surface area contributed by atoms with E-state index in [1.165, 1.54) is 13.2 Å². The number of carbonyl (C=O) groups is 2. The van der Waals surface area contributed by atoms with Gasteiger partial charge in [0.1, 0.15) is 11.4 Å². The van der Waals surface area contributed by atoms with Crippen LogP contribution >= 0.6 is 0 Å². The molecular formula is C15H16N2O4. The molecule has 0 fully saturated rings. The van der Waals surface area contributed by atoms with Crippen LogP contribution in [0.4, 0.5) is 5.69 Å². The minimum atomic E-state index is -1.38. The third-order valence-corrected chi connectivity index (χ3v) is 2.88. The monoisotopic (exact) mass is 288 g/mol. The van der Waals surface area contributed by atoms with Crippen LogP contribution in [0.5, 0.6) is 0 Å². The van der Waals surface area contributed by atoms with E-state index < -0.39 is 17.4 Å². The smallest absolute Gasteiger partial charge is 0.313 e. The van der Waals surface area contributed by atoms with Crippen molar-refractivity contribution < 1.29 is 19.1 Å². The van der Waals surface area contributed by atoms with Gasteiger partial charge < -0.3 is 20.2 Å². The molecule has 1 aromatic heterocycles. The Hall–Kier alpha value is -2.60. The zero-order chi connectivity index (χ0) is 15.3. The second kappa shape index (κ2) is 6.23. The summed E-state index contributed by atoms with van der Waals surface area (Å²) in [7, 11) is 0. The third-order valence-electron chi connectivity index (χ3n) is 2.88. The van der Waals surface area contributed by atoms with Gasteiger partial charge in [0.2, 0.25) is 0 Å². The first kappa shape index (κ1) is 14.8. The van der Waals surface area contributed by atoms with Crippen molar-refractivity contribution in [3.8, 4) is 0 Å². The van der Waals surface area contributed by atoms with Crippen molar-refractivity contribution >= 4 is 17.5 Å². The Labute approximate surface area is 121 Å². The van der Waals surface area contributed by atoms with Crippen LogP contribution in [0, 0.1) is 0 Å². The third kappa shape index (κ3) is 3.93. The van der Waals surface area contributed by atoms with Gasteiger partial charge in [0.05, 0.1) is 12.8 Å². The number of furan rings is 1. The van der Waals surface area contributed by atoms with Crippen molar-refractivity contribution in [2.45, 2.75) is 12.5 Å². The number of carbonyl (C=O) groups excluding carboxylic acids is 2. The summed E-state index contributed by atoms with van der Waals surface area (Å²) in [6.45, 7) is 1.35. The van der Waals surface area contributed by atoms with Crippen molar-refractivity contribution in [1.29, 1.82) is 0 Å². The molecule has 0 unspecified atom stereocenters. The molecular weight excluding hydrogens is 272 g/mol. The molecule has 2 rings (SSSR count). The fourth-order valence-corrected chi connectivity index (χ4v) is 1.71. The van der Waals surface area contributed by atoms with Gasteiger partial charge in [0.15, 0.2) is 0 Å². The summed E-state index contributed by atoms with van der Waals surface area (Å²) >= 11 is 0. The van der Waals surface area contributed by atoms with Gasteiger partial charge in [-0.15, -0.1) is 0 Å². The molecule has 0 spiro atoms.